The van der Waals surface area contributed by atoms with Crippen LogP contribution in [0.3, 0.4) is 0 Å². The molecule has 0 radical (unpaired) electrons. The topological polar surface area (TPSA) is 151 Å². The van der Waals surface area contributed by atoms with Gasteiger partial charge in [0.05, 0.1) is 24.9 Å². The zero-order valence-corrected chi connectivity index (χ0v) is 17.9. The molecule has 4 heterocycles. The predicted molar refractivity (Wildman–Crippen MR) is 117 cm³/mol. The number of H-pyrrole nitrogens is 1. The van der Waals surface area contributed by atoms with Gasteiger partial charge in [0.2, 0.25) is 5.91 Å². The van der Waals surface area contributed by atoms with E-state index in [1.807, 2.05) is 0 Å². The summed E-state index contributed by atoms with van der Waals surface area (Å²) < 4.78 is 36.3. The van der Waals surface area contributed by atoms with Crippen LogP contribution in [0, 0.1) is 11.6 Å². The van der Waals surface area contributed by atoms with Crippen molar-refractivity contribution in [2.24, 2.45) is 5.73 Å². The van der Waals surface area contributed by atoms with Crippen LogP contribution in [0.1, 0.15) is 11.1 Å². The number of carbonyl (C=O) groups excluding carboxylic acids is 1. The van der Waals surface area contributed by atoms with Gasteiger partial charge in [0.15, 0.2) is 17.5 Å². The Morgan fingerprint density at radius 2 is 1.94 bits per heavy atom. The minimum atomic E-state index is -0.826. The molecule has 11 nitrogen and oxygen atoms in total. The number of aromatic nitrogens is 7. The Hall–Kier alpha value is -4.94. The first kappa shape index (κ1) is 21.9. The van der Waals surface area contributed by atoms with Crippen molar-refractivity contribution >= 4 is 5.91 Å². The minimum Gasteiger partial charge on any atom is -0.369 e. The van der Waals surface area contributed by atoms with Gasteiger partial charge in [0.1, 0.15) is 23.5 Å². The molecule has 0 aliphatic heterocycles. The number of aromatic amines is 1. The van der Waals surface area contributed by atoms with Gasteiger partial charge in [0.25, 0.3) is 5.56 Å². The zero-order valence-electron chi connectivity index (χ0n) is 17.9. The lowest BCUT2D eigenvalue weighted by Gasteiger charge is -2.06. The SMILES string of the molecule is NC(=O)Cc1cn(-c2nc(-c3cc(-c4ccon4)n(Cc4ccccc4F)n3)ncc2F)[nH]c1=O. The smallest absolute Gasteiger partial charge is 0.268 e. The van der Waals surface area contributed by atoms with Crippen molar-refractivity contribution in [1.82, 2.24) is 34.7 Å². The van der Waals surface area contributed by atoms with E-state index in [9.17, 15) is 18.4 Å². The highest BCUT2D eigenvalue weighted by atomic mass is 19.1. The summed E-state index contributed by atoms with van der Waals surface area (Å²) in [4.78, 5) is 31.5. The van der Waals surface area contributed by atoms with E-state index in [1.165, 1.54) is 23.2 Å². The molecule has 13 heteroatoms. The summed E-state index contributed by atoms with van der Waals surface area (Å²) in [6.45, 7) is 0.0737. The second kappa shape index (κ2) is 8.78. The number of hydrogen-bond acceptors (Lipinski definition) is 7. The Morgan fingerprint density at radius 1 is 1.11 bits per heavy atom. The second-order valence-electron chi connectivity index (χ2n) is 7.52. The lowest BCUT2D eigenvalue weighted by molar-refractivity contribution is -0.117. The summed E-state index contributed by atoms with van der Waals surface area (Å²) in [6, 6.07) is 9.47. The fourth-order valence-corrected chi connectivity index (χ4v) is 3.49. The van der Waals surface area contributed by atoms with E-state index in [-0.39, 0.29) is 35.9 Å². The average molecular weight is 478 g/mol. The average Bonchev–Trinajstić information content (AvgIpc) is 3.56. The Kier molecular flexibility index (Phi) is 5.49. The van der Waals surface area contributed by atoms with Gasteiger partial charge < -0.3 is 10.3 Å². The molecule has 0 spiro atoms. The van der Waals surface area contributed by atoms with Gasteiger partial charge in [-0.25, -0.2) is 23.4 Å². The van der Waals surface area contributed by atoms with Gasteiger partial charge in [-0.3, -0.25) is 19.4 Å². The van der Waals surface area contributed by atoms with E-state index in [0.29, 0.717) is 17.0 Å². The number of primary amides is 1. The van der Waals surface area contributed by atoms with Crippen LogP contribution in [-0.2, 0) is 17.8 Å². The molecule has 1 amide bonds. The normalized spacial score (nSPS) is 11.1. The fourth-order valence-electron chi connectivity index (χ4n) is 3.49. The van der Waals surface area contributed by atoms with Crippen LogP contribution >= 0.6 is 0 Å². The summed E-state index contributed by atoms with van der Waals surface area (Å²) in [5, 5.41) is 10.8. The van der Waals surface area contributed by atoms with Crippen molar-refractivity contribution in [3.63, 3.8) is 0 Å². The van der Waals surface area contributed by atoms with E-state index < -0.39 is 23.1 Å². The van der Waals surface area contributed by atoms with Gasteiger partial charge in [-0.2, -0.15) is 5.10 Å². The molecule has 0 fully saturated rings. The van der Waals surface area contributed by atoms with Gasteiger partial charge in [0, 0.05) is 23.4 Å². The first-order chi connectivity index (χ1) is 16.9. The van der Waals surface area contributed by atoms with Crippen LogP contribution in [0.25, 0.3) is 28.7 Å². The number of hydrogen-bond donors (Lipinski definition) is 2. The molecule has 0 aliphatic rings. The van der Waals surface area contributed by atoms with Crippen LogP contribution in [0.5, 0.6) is 0 Å². The first-order valence-corrected chi connectivity index (χ1v) is 10.2. The van der Waals surface area contributed by atoms with Gasteiger partial charge in [-0.05, 0) is 12.1 Å². The lowest BCUT2D eigenvalue weighted by atomic mass is 10.2. The molecule has 1 aromatic carbocycles. The van der Waals surface area contributed by atoms with Gasteiger partial charge in [-0.15, -0.1) is 0 Å². The number of nitrogens with zero attached hydrogens (tertiary/aromatic N) is 6. The van der Waals surface area contributed by atoms with Crippen molar-refractivity contribution in [3.8, 4) is 28.7 Å². The highest BCUT2D eigenvalue weighted by Crippen LogP contribution is 2.25. The molecule has 0 saturated carbocycles. The third kappa shape index (κ3) is 4.34. The Morgan fingerprint density at radius 3 is 2.69 bits per heavy atom. The Balaban J connectivity index is 1.57. The molecule has 5 rings (SSSR count). The summed E-state index contributed by atoms with van der Waals surface area (Å²) >= 11 is 0. The molecule has 176 valence electrons. The van der Waals surface area contributed by atoms with Crippen LogP contribution in [0.2, 0.25) is 0 Å². The second-order valence-corrected chi connectivity index (χ2v) is 7.52. The van der Waals surface area contributed by atoms with Crippen LogP contribution in [0.4, 0.5) is 8.78 Å². The molecule has 0 unspecified atom stereocenters. The van der Waals surface area contributed by atoms with Crippen LogP contribution < -0.4 is 11.3 Å². The molecular weight excluding hydrogens is 462 g/mol. The molecule has 0 saturated heterocycles. The molecule has 3 N–H and O–H groups in total. The number of rotatable bonds is 7. The van der Waals surface area contributed by atoms with E-state index in [4.69, 9.17) is 10.3 Å². The maximum atomic E-state index is 14.6. The number of halogens is 2. The number of nitrogens with two attached hydrogens (primary N) is 1. The molecule has 5 aromatic rings. The first-order valence-electron chi connectivity index (χ1n) is 10.2. The van der Waals surface area contributed by atoms with Crippen molar-refractivity contribution in [2.45, 2.75) is 13.0 Å². The van der Waals surface area contributed by atoms with Crippen molar-refractivity contribution in [3.05, 3.63) is 88.2 Å². The summed E-state index contributed by atoms with van der Waals surface area (Å²) in [5.41, 5.74) is 6.16. The fraction of sp³-hybridized carbons (Fsp3) is 0.0909. The highest BCUT2D eigenvalue weighted by Gasteiger charge is 2.19. The van der Waals surface area contributed by atoms with E-state index in [1.54, 1.807) is 30.3 Å². The number of nitrogens with one attached hydrogen (secondary N) is 1. The Bertz CT molecular complexity index is 1590. The maximum Gasteiger partial charge on any atom is 0.268 e. The van der Waals surface area contributed by atoms with Gasteiger partial charge in [-0.1, -0.05) is 23.4 Å². The molecule has 0 atom stereocenters. The third-order valence-corrected chi connectivity index (χ3v) is 5.10. The van der Waals surface area contributed by atoms with Crippen molar-refractivity contribution in [2.75, 3.05) is 0 Å². The number of carbonyl (C=O) groups is 1. The number of benzene rings is 1. The lowest BCUT2D eigenvalue weighted by Crippen LogP contribution is -2.18. The Labute approximate surface area is 194 Å². The highest BCUT2D eigenvalue weighted by molar-refractivity contribution is 5.76. The largest absolute Gasteiger partial charge is 0.369 e. The molecule has 0 bridgehead atoms. The molecular formula is C22H16F2N8O3. The third-order valence-electron chi connectivity index (χ3n) is 5.10. The predicted octanol–water partition coefficient (Wildman–Crippen LogP) is 1.83. The van der Waals surface area contributed by atoms with Crippen LogP contribution in [0.15, 0.2) is 64.4 Å². The zero-order chi connectivity index (χ0) is 24.5. The standard InChI is InChI=1S/C22H16F2N8O3/c23-14-4-2-1-3-12(14)10-31-18(16-5-6-35-30-16)8-17(28-31)20-26-9-15(24)21(27-20)32-11-13(7-19(25)33)22(34)29-32/h1-6,8-9,11H,7,10H2,(H2,25,33)(H,29,34). The molecule has 0 aliphatic carbocycles. The summed E-state index contributed by atoms with van der Waals surface area (Å²) in [5.74, 6) is -2.18. The maximum absolute atomic E-state index is 14.6. The quantitative estimate of drug-likeness (QED) is 0.362. The van der Waals surface area contributed by atoms with Crippen molar-refractivity contribution in [1.29, 1.82) is 0 Å². The minimum absolute atomic E-state index is 0.0319. The summed E-state index contributed by atoms with van der Waals surface area (Å²) in [6.07, 6.45) is 3.23. The van der Waals surface area contributed by atoms with E-state index >= 15 is 0 Å². The number of amides is 1. The molecule has 4 aromatic heterocycles. The van der Waals surface area contributed by atoms with E-state index in [0.717, 1.165) is 10.9 Å². The van der Waals surface area contributed by atoms with Crippen molar-refractivity contribution < 1.29 is 18.1 Å². The van der Waals surface area contributed by atoms with E-state index in [2.05, 4.69) is 25.3 Å². The molecule has 35 heavy (non-hydrogen) atoms. The van der Waals surface area contributed by atoms with Crippen LogP contribution in [-0.4, -0.2) is 40.6 Å². The summed E-state index contributed by atoms with van der Waals surface area (Å²) in [7, 11) is 0. The van der Waals surface area contributed by atoms with Gasteiger partial charge >= 0.3 is 0 Å². The monoisotopic (exact) mass is 478 g/mol.